The van der Waals surface area contributed by atoms with Crippen LogP contribution in [0, 0.1) is 0 Å². The maximum Gasteiger partial charge on any atom is 0.0306 e. The van der Waals surface area contributed by atoms with Gasteiger partial charge in [-0.25, -0.2) is 0 Å². The largest absolute Gasteiger partial charge is 0.312 e. The summed E-state index contributed by atoms with van der Waals surface area (Å²) in [6.07, 6.45) is 5.31. The summed E-state index contributed by atoms with van der Waals surface area (Å²) >= 11 is 0. The Hall–Kier alpha value is -0.0800. The van der Waals surface area contributed by atoms with Crippen LogP contribution in [0.5, 0.6) is 0 Å². The van der Waals surface area contributed by atoms with Crippen molar-refractivity contribution in [3.8, 4) is 0 Å². The minimum Gasteiger partial charge on any atom is -0.312 e. The Labute approximate surface area is 109 Å². The van der Waals surface area contributed by atoms with E-state index < -0.39 is 0 Å². The maximum absolute atomic E-state index is 3.69. The first-order valence-corrected chi connectivity index (χ1v) is 7.52. The Morgan fingerprint density at radius 3 is 2.00 bits per heavy atom. The normalized spacial score (nSPS) is 14.3. The summed E-state index contributed by atoms with van der Waals surface area (Å²) in [5.74, 6) is 0. The molecule has 0 radical (unpaired) electrons. The molecule has 0 amide bonds. The SMILES string of the molecule is CCCCCC(NCC)C(C)(C)N(CC)CC. The van der Waals surface area contributed by atoms with Crippen molar-refractivity contribution in [2.75, 3.05) is 19.6 Å². The molecule has 1 unspecified atom stereocenters. The van der Waals surface area contributed by atoms with Crippen molar-refractivity contribution in [3.63, 3.8) is 0 Å². The topological polar surface area (TPSA) is 15.3 Å². The molecule has 17 heavy (non-hydrogen) atoms. The van der Waals surface area contributed by atoms with E-state index in [1.165, 1.54) is 25.7 Å². The zero-order valence-corrected chi connectivity index (χ0v) is 13.0. The van der Waals surface area contributed by atoms with Crippen LogP contribution in [0.3, 0.4) is 0 Å². The molecule has 104 valence electrons. The Bertz CT molecular complexity index is 174. The molecule has 1 atom stereocenters. The summed E-state index contributed by atoms with van der Waals surface area (Å²) in [7, 11) is 0. The molecule has 0 aliphatic carbocycles. The Kier molecular flexibility index (Phi) is 8.89. The highest BCUT2D eigenvalue weighted by Crippen LogP contribution is 2.23. The van der Waals surface area contributed by atoms with Crippen molar-refractivity contribution >= 4 is 0 Å². The van der Waals surface area contributed by atoms with Crippen LogP contribution in [0.1, 0.15) is 67.2 Å². The van der Waals surface area contributed by atoms with Gasteiger partial charge in [-0.05, 0) is 39.9 Å². The van der Waals surface area contributed by atoms with Crippen molar-refractivity contribution in [2.45, 2.75) is 78.8 Å². The van der Waals surface area contributed by atoms with E-state index in [0.717, 1.165) is 19.6 Å². The van der Waals surface area contributed by atoms with Gasteiger partial charge >= 0.3 is 0 Å². The molecule has 0 heterocycles. The Morgan fingerprint density at radius 2 is 1.59 bits per heavy atom. The molecule has 0 aliphatic rings. The highest BCUT2D eigenvalue weighted by atomic mass is 15.2. The number of likely N-dealkylation sites (N-methyl/N-ethyl adjacent to an activating group) is 2. The molecule has 0 aromatic rings. The lowest BCUT2D eigenvalue weighted by Gasteiger charge is -2.44. The highest BCUT2D eigenvalue weighted by molar-refractivity contribution is 4.92. The van der Waals surface area contributed by atoms with E-state index in [1.54, 1.807) is 0 Å². The Balaban J connectivity index is 4.52. The van der Waals surface area contributed by atoms with Gasteiger partial charge < -0.3 is 5.32 Å². The smallest absolute Gasteiger partial charge is 0.0306 e. The first-order valence-electron chi connectivity index (χ1n) is 7.52. The molecule has 0 aliphatic heterocycles. The van der Waals surface area contributed by atoms with Crippen LogP contribution in [0.15, 0.2) is 0 Å². The lowest BCUT2D eigenvalue weighted by Crippen LogP contribution is -2.57. The standard InChI is InChI=1S/C15H34N2/c1-7-11-12-13-14(16-8-2)15(5,6)17(9-3)10-4/h14,16H,7-13H2,1-6H3. The molecule has 1 N–H and O–H groups in total. The van der Waals surface area contributed by atoms with Crippen molar-refractivity contribution in [2.24, 2.45) is 0 Å². The van der Waals surface area contributed by atoms with E-state index in [2.05, 4.69) is 51.8 Å². The lowest BCUT2D eigenvalue weighted by molar-refractivity contribution is 0.0870. The second-order valence-corrected chi connectivity index (χ2v) is 5.43. The van der Waals surface area contributed by atoms with Crippen LogP contribution in [0.25, 0.3) is 0 Å². The number of unbranched alkanes of at least 4 members (excludes halogenated alkanes) is 2. The van der Waals surface area contributed by atoms with E-state index in [1.807, 2.05) is 0 Å². The quantitative estimate of drug-likeness (QED) is 0.588. The molecular formula is C15H34N2. The van der Waals surface area contributed by atoms with Crippen LogP contribution in [0.4, 0.5) is 0 Å². The lowest BCUT2D eigenvalue weighted by atomic mass is 9.88. The summed E-state index contributed by atoms with van der Waals surface area (Å²) in [5, 5.41) is 3.69. The fourth-order valence-electron chi connectivity index (χ4n) is 2.81. The molecule has 0 rings (SSSR count). The van der Waals surface area contributed by atoms with Gasteiger partial charge in [-0.3, -0.25) is 4.90 Å². The molecule has 2 heteroatoms. The molecular weight excluding hydrogens is 208 g/mol. The van der Waals surface area contributed by atoms with Crippen LogP contribution in [-0.4, -0.2) is 36.1 Å². The zero-order chi connectivity index (χ0) is 13.3. The van der Waals surface area contributed by atoms with Gasteiger partial charge in [0.15, 0.2) is 0 Å². The van der Waals surface area contributed by atoms with Crippen molar-refractivity contribution in [1.82, 2.24) is 10.2 Å². The third-order valence-electron chi connectivity index (χ3n) is 3.98. The first kappa shape index (κ1) is 16.9. The summed E-state index contributed by atoms with van der Waals surface area (Å²) in [5.41, 5.74) is 0.257. The summed E-state index contributed by atoms with van der Waals surface area (Å²) in [4.78, 5) is 2.58. The Morgan fingerprint density at radius 1 is 1.00 bits per heavy atom. The van der Waals surface area contributed by atoms with Gasteiger partial charge in [-0.15, -0.1) is 0 Å². The van der Waals surface area contributed by atoms with Gasteiger partial charge in [0, 0.05) is 11.6 Å². The van der Waals surface area contributed by atoms with Crippen LogP contribution in [-0.2, 0) is 0 Å². The van der Waals surface area contributed by atoms with Crippen molar-refractivity contribution in [1.29, 1.82) is 0 Å². The van der Waals surface area contributed by atoms with Crippen molar-refractivity contribution in [3.05, 3.63) is 0 Å². The number of nitrogens with one attached hydrogen (secondary N) is 1. The van der Waals surface area contributed by atoms with E-state index >= 15 is 0 Å². The monoisotopic (exact) mass is 242 g/mol. The molecule has 0 bridgehead atoms. The molecule has 0 aromatic carbocycles. The number of hydrogen-bond donors (Lipinski definition) is 1. The minimum absolute atomic E-state index is 0.257. The van der Waals surface area contributed by atoms with E-state index in [9.17, 15) is 0 Å². The molecule has 2 nitrogen and oxygen atoms in total. The summed E-state index contributed by atoms with van der Waals surface area (Å²) in [6, 6.07) is 0.610. The first-order chi connectivity index (χ1) is 8.04. The highest BCUT2D eigenvalue weighted by Gasteiger charge is 2.32. The summed E-state index contributed by atoms with van der Waals surface area (Å²) < 4.78 is 0. The number of rotatable bonds is 10. The zero-order valence-electron chi connectivity index (χ0n) is 13.0. The summed E-state index contributed by atoms with van der Waals surface area (Å²) in [6.45, 7) is 17.1. The average Bonchev–Trinajstić information content (AvgIpc) is 2.29. The predicted octanol–water partition coefficient (Wildman–Crippen LogP) is 3.67. The van der Waals surface area contributed by atoms with Gasteiger partial charge in [0.05, 0.1) is 0 Å². The van der Waals surface area contributed by atoms with E-state index in [4.69, 9.17) is 0 Å². The third-order valence-corrected chi connectivity index (χ3v) is 3.98. The van der Waals surface area contributed by atoms with Gasteiger partial charge in [-0.1, -0.05) is 47.0 Å². The van der Waals surface area contributed by atoms with Gasteiger partial charge in [0.25, 0.3) is 0 Å². The average molecular weight is 242 g/mol. The second-order valence-electron chi connectivity index (χ2n) is 5.43. The third kappa shape index (κ3) is 5.39. The maximum atomic E-state index is 3.69. The van der Waals surface area contributed by atoms with Crippen molar-refractivity contribution < 1.29 is 0 Å². The molecule has 0 saturated carbocycles. The molecule has 0 aromatic heterocycles. The predicted molar refractivity (Wildman–Crippen MR) is 78.6 cm³/mol. The minimum atomic E-state index is 0.257. The van der Waals surface area contributed by atoms with Gasteiger partial charge in [0.2, 0.25) is 0 Å². The fourth-order valence-corrected chi connectivity index (χ4v) is 2.81. The van der Waals surface area contributed by atoms with Gasteiger partial charge in [-0.2, -0.15) is 0 Å². The van der Waals surface area contributed by atoms with E-state index in [-0.39, 0.29) is 5.54 Å². The molecule has 0 saturated heterocycles. The fraction of sp³-hybridized carbons (Fsp3) is 1.00. The molecule has 0 spiro atoms. The van der Waals surface area contributed by atoms with E-state index in [0.29, 0.717) is 6.04 Å². The van der Waals surface area contributed by atoms with Crippen LogP contribution < -0.4 is 5.32 Å². The number of nitrogens with zero attached hydrogens (tertiary/aromatic N) is 1. The number of hydrogen-bond acceptors (Lipinski definition) is 2. The molecule has 0 fully saturated rings. The van der Waals surface area contributed by atoms with Gasteiger partial charge in [0.1, 0.15) is 0 Å². The van der Waals surface area contributed by atoms with Crippen LogP contribution in [0.2, 0.25) is 0 Å². The van der Waals surface area contributed by atoms with Crippen LogP contribution >= 0.6 is 0 Å². The second kappa shape index (κ2) is 8.93.